The molecule has 0 unspecified atom stereocenters. The van der Waals surface area contributed by atoms with Gasteiger partial charge < -0.3 is 10.6 Å². The Morgan fingerprint density at radius 2 is 2.00 bits per heavy atom. The van der Waals surface area contributed by atoms with Crippen molar-refractivity contribution in [2.24, 2.45) is 5.73 Å². The highest BCUT2D eigenvalue weighted by Gasteiger charge is 2.16. The summed E-state index contributed by atoms with van der Waals surface area (Å²) < 4.78 is 0. The van der Waals surface area contributed by atoms with Crippen molar-refractivity contribution >= 4 is 11.7 Å². The maximum atomic E-state index is 7.19. The Hall–Kier alpha value is -1.62. The first-order valence-corrected chi connectivity index (χ1v) is 6.97. The summed E-state index contributed by atoms with van der Waals surface area (Å²) >= 11 is 0. The lowest BCUT2D eigenvalue weighted by Gasteiger charge is -2.35. The number of pyridine rings is 1. The van der Waals surface area contributed by atoms with E-state index >= 15 is 0 Å². The van der Waals surface area contributed by atoms with E-state index in [-0.39, 0.29) is 0 Å². The molecule has 0 atom stereocenters. The van der Waals surface area contributed by atoms with Crippen LogP contribution in [0.2, 0.25) is 0 Å². The number of nitrogens with zero attached hydrogens (tertiary/aromatic N) is 3. The fourth-order valence-corrected chi connectivity index (χ4v) is 2.39. The summed E-state index contributed by atoms with van der Waals surface area (Å²) in [7, 11) is 0. The Bertz CT molecular complexity index is 384. The van der Waals surface area contributed by atoms with Gasteiger partial charge in [0.05, 0.1) is 5.84 Å². The van der Waals surface area contributed by atoms with Gasteiger partial charge in [0.2, 0.25) is 0 Å². The topological polar surface area (TPSA) is 69.2 Å². The van der Waals surface area contributed by atoms with Crippen LogP contribution in [0, 0.1) is 5.41 Å². The Balaban J connectivity index is 1.67. The van der Waals surface area contributed by atoms with Crippen molar-refractivity contribution in [1.29, 1.82) is 5.41 Å². The van der Waals surface area contributed by atoms with Crippen LogP contribution in [-0.4, -0.2) is 48.4 Å². The first-order chi connectivity index (χ1) is 9.25. The minimum Gasteiger partial charge on any atom is -0.388 e. The van der Waals surface area contributed by atoms with Gasteiger partial charge in [-0.05, 0) is 31.5 Å². The minimum atomic E-state index is 0.306. The van der Waals surface area contributed by atoms with Crippen LogP contribution in [0.3, 0.4) is 0 Å². The third kappa shape index (κ3) is 4.52. The molecule has 0 bridgehead atoms. The second kappa shape index (κ2) is 7.09. The van der Waals surface area contributed by atoms with Crippen molar-refractivity contribution in [3.05, 3.63) is 24.4 Å². The molecule has 0 spiro atoms. The molecule has 5 heteroatoms. The lowest BCUT2D eigenvalue weighted by molar-refractivity contribution is 0.253. The summed E-state index contributed by atoms with van der Waals surface area (Å²) in [6.45, 7) is 5.39. The van der Waals surface area contributed by atoms with Gasteiger partial charge in [-0.1, -0.05) is 6.07 Å². The molecule has 2 heterocycles. The molecule has 0 aromatic carbocycles. The second-order valence-corrected chi connectivity index (χ2v) is 5.00. The van der Waals surface area contributed by atoms with Crippen molar-refractivity contribution < 1.29 is 0 Å². The Morgan fingerprint density at radius 3 is 2.63 bits per heavy atom. The van der Waals surface area contributed by atoms with Crippen LogP contribution in [0.5, 0.6) is 0 Å². The van der Waals surface area contributed by atoms with Crippen LogP contribution in [0.15, 0.2) is 24.4 Å². The summed E-state index contributed by atoms with van der Waals surface area (Å²) in [6.07, 6.45) is 4.73. The standard InChI is InChI=1S/C14H23N5/c15-13(16)5-2-4-8-18-9-11-19(12-10-18)14-6-1-3-7-17-14/h1,3,6-7H,2,4-5,8-12H2,(H3,15,16). The third-order valence-corrected chi connectivity index (χ3v) is 3.52. The van der Waals surface area contributed by atoms with Crippen molar-refractivity contribution in [2.75, 3.05) is 37.6 Å². The van der Waals surface area contributed by atoms with E-state index < -0.39 is 0 Å². The van der Waals surface area contributed by atoms with Crippen LogP contribution in [0.1, 0.15) is 19.3 Å². The van der Waals surface area contributed by atoms with E-state index in [2.05, 4.69) is 20.9 Å². The molecule has 1 aromatic heterocycles. The predicted molar refractivity (Wildman–Crippen MR) is 78.7 cm³/mol. The van der Waals surface area contributed by atoms with Gasteiger partial charge in [-0.25, -0.2) is 4.98 Å². The largest absolute Gasteiger partial charge is 0.388 e. The number of hydrogen-bond donors (Lipinski definition) is 2. The average molecular weight is 261 g/mol. The summed E-state index contributed by atoms with van der Waals surface area (Å²) in [4.78, 5) is 9.22. The number of hydrogen-bond acceptors (Lipinski definition) is 4. The van der Waals surface area contributed by atoms with Gasteiger partial charge in [0.25, 0.3) is 0 Å². The number of amidine groups is 1. The van der Waals surface area contributed by atoms with Gasteiger partial charge in [-0.2, -0.15) is 0 Å². The number of piperazine rings is 1. The Labute approximate surface area is 114 Å². The van der Waals surface area contributed by atoms with Gasteiger partial charge in [-0.15, -0.1) is 0 Å². The van der Waals surface area contributed by atoms with Crippen LogP contribution in [0.4, 0.5) is 5.82 Å². The monoisotopic (exact) mass is 261 g/mol. The summed E-state index contributed by atoms with van der Waals surface area (Å²) in [5, 5.41) is 7.19. The Morgan fingerprint density at radius 1 is 1.21 bits per heavy atom. The highest BCUT2D eigenvalue weighted by atomic mass is 15.3. The average Bonchev–Trinajstić information content (AvgIpc) is 2.45. The van der Waals surface area contributed by atoms with E-state index in [0.717, 1.165) is 57.8 Å². The number of anilines is 1. The normalized spacial score (nSPS) is 16.5. The zero-order chi connectivity index (χ0) is 13.5. The van der Waals surface area contributed by atoms with Gasteiger partial charge in [0.1, 0.15) is 5.82 Å². The SMILES string of the molecule is N=C(N)CCCCN1CCN(c2ccccn2)CC1. The number of unbranched alkanes of at least 4 members (excludes halogenated alkanes) is 1. The lowest BCUT2D eigenvalue weighted by atomic mass is 10.2. The molecular formula is C14H23N5. The highest BCUT2D eigenvalue weighted by Crippen LogP contribution is 2.12. The molecule has 5 nitrogen and oxygen atoms in total. The molecule has 0 amide bonds. The zero-order valence-corrected chi connectivity index (χ0v) is 11.4. The molecule has 1 fully saturated rings. The van der Waals surface area contributed by atoms with Crippen LogP contribution < -0.4 is 10.6 Å². The van der Waals surface area contributed by atoms with E-state index in [1.807, 2.05) is 18.3 Å². The maximum absolute atomic E-state index is 7.19. The highest BCUT2D eigenvalue weighted by molar-refractivity contribution is 5.76. The van der Waals surface area contributed by atoms with E-state index in [1.165, 1.54) is 0 Å². The molecular weight excluding hydrogens is 238 g/mol. The van der Waals surface area contributed by atoms with Gasteiger partial charge in [0, 0.05) is 38.8 Å². The molecule has 3 N–H and O–H groups in total. The molecule has 1 aromatic rings. The number of aromatic nitrogens is 1. The summed E-state index contributed by atoms with van der Waals surface area (Å²) in [6, 6.07) is 6.06. The van der Waals surface area contributed by atoms with Crippen molar-refractivity contribution in [3.63, 3.8) is 0 Å². The second-order valence-electron chi connectivity index (χ2n) is 5.00. The first kappa shape index (κ1) is 13.8. The van der Waals surface area contributed by atoms with Gasteiger partial charge >= 0.3 is 0 Å². The maximum Gasteiger partial charge on any atom is 0.128 e. The molecule has 104 valence electrons. The van der Waals surface area contributed by atoms with Gasteiger partial charge in [-0.3, -0.25) is 10.3 Å². The summed E-state index contributed by atoms with van der Waals surface area (Å²) in [5.41, 5.74) is 5.35. The quantitative estimate of drug-likeness (QED) is 0.460. The van der Waals surface area contributed by atoms with E-state index in [1.54, 1.807) is 0 Å². The Kier molecular flexibility index (Phi) is 5.15. The van der Waals surface area contributed by atoms with E-state index in [0.29, 0.717) is 5.84 Å². The molecule has 1 aliphatic rings. The smallest absolute Gasteiger partial charge is 0.128 e. The molecule has 19 heavy (non-hydrogen) atoms. The van der Waals surface area contributed by atoms with Crippen molar-refractivity contribution in [2.45, 2.75) is 19.3 Å². The molecule has 2 rings (SSSR count). The van der Waals surface area contributed by atoms with Crippen LogP contribution in [-0.2, 0) is 0 Å². The van der Waals surface area contributed by atoms with Crippen LogP contribution >= 0.6 is 0 Å². The molecule has 0 aliphatic carbocycles. The lowest BCUT2D eigenvalue weighted by Crippen LogP contribution is -2.46. The molecule has 1 saturated heterocycles. The minimum absolute atomic E-state index is 0.306. The fourth-order valence-electron chi connectivity index (χ4n) is 2.39. The third-order valence-electron chi connectivity index (χ3n) is 3.52. The number of nitrogens with two attached hydrogens (primary N) is 1. The molecule has 1 aliphatic heterocycles. The number of rotatable bonds is 6. The predicted octanol–water partition coefficient (Wildman–Crippen LogP) is 1.31. The number of nitrogens with one attached hydrogen (secondary N) is 1. The van der Waals surface area contributed by atoms with E-state index in [4.69, 9.17) is 11.1 Å². The summed E-state index contributed by atoms with van der Waals surface area (Å²) in [5.74, 6) is 1.39. The van der Waals surface area contributed by atoms with Gasteiger partial charge in [0.15, 0.2) is 0 Å². The van der Waals surface area contributed by atoms with Crippen LogP contribution in [0.25, 0.3) is 0 Å². The van der Waals surface area contributed by atoms with Crippen molar-refractivity contribution in [3.8, 4) is 0 Å². The van der Waals surface area contributed by atoms with E-state index in [9.17, 15) is 0 Å². The zero-order valence-electron chi connectivity index (χ0n) is 11.4. The fraction of sp³-hybridized carbons (Fsp3) is 0.571. The molecule has 0 radical (unpaired) electrons. The molecule has 0 saturated carbocycles. The first-order valence-electron chi connectivity index (χ1n) is 6.97. The van der Waals surface area contributed by atoms with Crippen molar-refractivity contribution in [1.82, 2.24) is 9.88 Å².